The lowest BCUT2D eigenvalue weighted by Gasteiger charge is -2.16. The Morgan fingerprint density at radius 3 is 1.55 bits per heavy atom. The van der Waals surface area contributed by atoms with Crippen molar-refractivity contribution in [1.29, 1.82) is 0 Å². The number of hydrogen-bond donors (Lipinski definition) is 0. The van der Waals surface area contributed by atoms with Crippen LogP contribution in [0.5, 0.6) is 0 Å². The van der Waals surface area contributed by atoms with Crippen LogP contribution in [-0.4, -0.2) is 0 Å². The standard InChI is InChI=1S/C40H26/c1-2-11-29-23-33(20-19-27(29)9-1)30-15-7-16-34(24-30)36-21-22-38(37-18-8-14-28-10-5-6-17-35(28)37)40-26-32-13-4-3-12-31(32)25-39(36)40/h1-26H. The van der Waals surface area contributed by atoms with Crippen molar-refractivity contribution in [3.05, 3.63) is 158 Å². The Balaban J connectivity index is 1.36. The van der Waals surface area contributed by atoms with Crippen LogP contribution in [0.15, 0.2) is 158 Å². The van der Waals surface area contributed by atoms with Gasteiger partial charge in [0.05, 0.1) is 0 Å². The van der Waals surface area contributed by atoms with Gasteiger partial charge < -0.3 is 0 Å². The molecule has 0 saturated heterocycles. The monoisotopic (exact) mass is 506 g/mol. The van der Waals surface area contributed by atoms with Crippen LogP contribution in [-0.2, 0) is 0 Å². The summed E-state index contributed by atoms with van der Waals surface area (Å²) >= 11 is 0. The highest BCUT2D eigenvalue weighted by Gasteiger charge is 2.14. The summed E-state index contributed by atoms with van der Waals surface area (Å²) in [7, 11) is 0. The van der Waals surface area contributed by atoms with E-state index < -0.39 is 0 Å². The number of rotatable bonds is 3. The van der Waals surface area contributed by atoms with E-state index in [0.29, 0.717) is 0 Å². The molecule has 8 aromatic carbocycles. The summed E-state index contributed by atoms with van der Waals surface area (Å²) in [6.45, 7) is 0. The largest absolute Gasteiger partial charge is 0.0616 e. The van der Waals surface area contributed by atoms with Crippen molar-refractivity contribution < 1.29 is 0 Å². The van der Waals surface area contributed by atoms with Crippen LogP contribution in [0.3, 0.4) is 0 Å². The van der Waals surface area contributed by atoms with Crippen LogP contribution < -0.4 is 0 Å². The van der Waals surface area contributed by atoms with Crippen molar-refractivity contribution in [2.45, 2.75) is 0 Å². The molecule has 0 heteroatoms. The van der Waals surface area contributed by atoms with Crippen molar-refractivity contribution in [3.8, 4) is 33.4 Å². The van der Waals surface area contributed by atoms with Gasteiger partial charge in [-0.3, -0.25) is 0 Å². The molecule has 0 aliphatic carbocycles. The third-order valence-corrected chi connectivity index (χ3v) is 8.22. The number of benzene rings is 8. The molecule has 40 heavy (non-hydrogen) atoms. The van der Waals surface area contributed by atoms with E-state index >= 15 is 0 Å². The van der Waals surface area contributed by atoms with Crippen molar-refractivity contribution in [2.24, 2.45) is 0 Å². The third kappa shape index (κ3) is 3.77. The van der Waals surface area contributed by atoms with Crippen LogP contribution in [0, 0.1) is 0 Å². The molecule has 0 bridgehead atoms. The molecule has 0 aromatic heterocycles. The highest BCUT2D eigenvalue weighted by atomic mass is 14.2. The molecule has 0 fully saturated rings. The highest BCUT2D eigenvalue weighted by Crippen LogP contribution is 2.41. The van der Waals surface area contributed by atoms with Crippen molar-refractivity contribution in [1.82, 2.24) is 0 Å². The maximum Gasteiger partial charge on any atom is -0.00926 e. The van der Waals surface area contributed by atoms with Crippen LogP contribution in [0.2, 0.25) is 0 Å². The van der Waals surface area contributed by atoms with E-state index in [2.05, 4.69) is 158 Å². The summed E-state index contributed by atoms with van der Waals surface area (Å²) in [4.78, 5) is 0. The summed E-state index contributed by atoms with van der Waals surface area (Å²) in [6, 6.07) is 57.7. The average Bonchev–Trinajstić information content (AvgIpc) is 3.03. The Morgan fingerprint density at radius 2 is 0.750 bits per heavy atom. The molecule has 0 heterocycles. The Labute approximate surface area is 233 Å². The lowest BCUT2D eigenvalue weighted by Crippen LogP contribution is -1.89. The molecule has 0 N–H and O–H groups in total. The summed E-state index contributed by atoms with van der Waals surface area (Å²) in [5.74, 6) is 0. The molecule has 0 radical (unpaired) electrons. The summed E-state index contributed by atoms with van der Waals surface area (Å²) in [5.41, 5.74) is 7.50. The first-order valence-corrected chi connectivity index (χ1v) is 13.9. The van der Waals surface area contributed by atoms with E-state index in [1.165, 1.54) is 76.5 Å². The van der Waals surface area contributed by atoms with Crippen LogP contribution in [0.4, 0.5) is 0 Å². The Kier molecular flexibility index (Phi) is 5.24. The number of hydrogen-bond acceptors (Lipinski definition) is 0. The van der Waals surface area contributed by atoms with Gasteiger partial charge in [0.1, 0.15) is 0 Å². The van der Waals surface area contributed by atoms with E-state index in [1.54, 1.807) is 0 Å². The average molecular weight is 507 g/mol. The molecular formula is C40H26. The van der Waals surface area contributed by atoms with Gasteiger partial charge in [-0.1, -0.05) is 133 Å². The molecule has 0 nitrogen and oxygen atoms in total. The van der Waals surface area contributed by atoms with Crippen LogP contribution >= 0.6 is 0 Å². The molecule has 8 aromatic rings. The zero-order chi connectivity index (χ0) is 26.5. The Bertz CT molecular complexity index is 2210. The summed E-state index contributed by atoms with van der Waals surface area (Å²) in [6.07, 6.45) is 0. The maximum absolute atomic E-state index is 2.37. The molecule has 0 aliphatic heterocycles. The van der Waals surface area contributed by atoms with E-state index in [4.69, 9.17) is 0 Å². The van der Waals surface area contributed by atoms with Gasteiger partial charge in [-0.2, -0.15) is 0 Å². The van der Waals surface area contributed by atoms with Gasteiger partial charge in [0.25, 0.3) is 0 Å². The smallest absolute Gasteiger partial charge is 0.00926 e. The Morgan fingerprint density at radius 1 is 0.225 bits per heavy atom. The fourth-order valence-electron chi connectivity index (χ4n) is 6.21. The minimum atomic E-state index is 1.23. The lowest BCUT2D eigenvalue weighted by molar-refractivity contribution is 1.62. The zero-order valence-corrected chi connectivity index (χ0v) is 22.0. The quantitative estimate of drug-likeness (QED) is 0.209. The SMILES string of the molecule is c1cc(-c2ccc3ccccc3c2)cc(-c2ccc(-c3cccc4ccccc34)c3cc4ccccc4cc23)c1. The van der Waals surface area contributed by atoms with E-state index in [9.17, 15) is 0 Å². The third-order valence-electron chi connectivity index (χ3n) is 8.22. The predicted octanol–water partition coefficient (Wildman–Crippen LogP) is 11.3. The minimum absolute atomic E-state index is 1.23. The topological polar surface area (TPSA) is 0 Å². The maximum atomic E-state index is 2.37. The first-order valence-electron chi connectivity index (χ1n) is 13.9. The van der Waals surface area contributed by atoms with E-state index in [-0.39, 0.29) is 0 Å². The van der Waals surface area contributed by atoms with Crippen molar-refractivity contribution in [3.63, 3.8) is 0 Å². The van der Waals surface area contributed by atoms with Gasteiger partial charge in [0.2, 0.25) is 0 Å². The van der Waals surface area contributed by atoms with Crippen molar-refractivity contribution in [2.75, 3.05) is 0 Å². The molecule has 0 spiro atoms. The van der Waals surface area contributed by atoms with Crippen LogP contribution in [0.1, 0.15) is 0 Å². The molecule has 0 atom stereocenters. The number of fused-ring (bicyclic) bond motifs is 4. The fourth-order valence-corrected chi connectivity index (χ4v) is 6.21. The first kappa shape index (κ1) is 22.8. The lowest BCUT2D eigenvalue weighted by atomic mass is 9.88. The van der Waals surface area contributed by atoms with Crippen molar-refractivity contribution >= 4 is 43.1 Å². The van der Waals surface area contributed by atoms with Gasteiger partial charge in [-0.05, 0) is 101 Å². The van der Waals surface area contributed by atoms with Gasteiger partial charge in [0, 0.05) is 0 Å². The zero-order valence-electron chi connectivity index (χ0n) is 22.0. The Hall–Kier alpha value is -5.20. The van der Waals surface area contributed by atoms with Gasteiger partial charge in [-0.25, -0.2) is 0 Å². The highest BCUT2D eigenvalue weighted by molar-refractivity contribution is 6.13. The van der Waals surface area contributed by atoms with E-state index in [1.807, 2.05) is 0 Å². The van der Waals surface area contributed by atoms with Gasteiger partial charge in [0.15, 0.2) is 0 Å². The first-order chi connectivity index (χ1) is 19.8. The van der Waals surface area contributed by atoms with Crippen LogP contribution in [0.25, 0.3) is 76.5 Å². The molecule has 0 saturated carbocycles. The molecule has 0 amide bonds. The molecule has 8 rings (SSSR count). The second kappa shape index (κ2) is 9.22. The summed E-state index contributed by atoms with van der Waals surface area (Å²) < 4.78 is 0. The molecular weight excluding hydrogens is 480 g/mol. The minimum Gasteiger partial charge on any atom is -0.0616 e. The normalized spacial score (nSPS) is 11.5. The molecule has 186 valence electrons. The van der Waals surface area contributed by atoms with Gasteiger partial charge in [-0.15, -0.1) is 0 Å². The summed E-state index contributed by atoms with van der Waals surface area (Å²) in [5, 5.41) is 10.2. The predicted molar refractivity (Wildman–Crippen MR) is 173 cm³/mol. The molecule has 0 aliphatic rings. The second-order valence-electron chi connectivity index (χ2n) is 10.6. The second-order valence-corrected chi connectivity index (χ2v) is 10.6. The molecule has 0 unspecified atom stereocenters. The fraction of sp³-hybridized carbons (Fsp3) is 0. The van der Waals surface area contributed by atoms with E-state index in [0.717, 1.165) is 0 Å². The van der Waals surface area contributed by atoms with Gasteiger partial charge >= 0.3 is 0 Å².